The first kappa shape index (κ1) is 13.6. The lowest BCUT2D eigenvalue weighted by Crippen LogP contribution is -2.52. The van der Waals surface area contributed by atoms with E-state index in [0.29, 0.717) is 25.3 Å². The number of hydrogen-bond donors (Lipinski definition) is 0. The third kappa shape index (κ3) is 2.22. The predicted octanol–water partition coefficient (Wildman–Crippen LogP) is 1.12. The molecular formula is C13H19N3O3. The Morgan fingerprint density at radius 2 is 2.21 bits per heavy atom. The summed E-state index contributed by atoms with van der Waals surface area (Å²) in [6, 6.07) is 1.75. The van der Waals surface area contributed by atoms with Crippen LogP contribution in [0.1, 0.15) is 26.2 Å². The number of aryl methyl sites for hydroxylation is 1. The van der Waals surface area contributed by atoms with Crippen LogP contribution in [0.15, 0.2) is 12.3 Å². The minimum Gasteiger partial charge on any atom is -0.465 e. The minimum atomic E-state index is -0.998. The van der Waals surface area contributed by atoms with Crippen molar-refractivity contribution in [3.8, 4) is 0 Å². The third-order valence-electron chi connectivity index (χ3n) is 3.63. The Balaban J connectivity index is 2.19. The summed E-state index contributed by atoms with van der Waals surface area (Å²) in [4.78, 5) is 26.0. The lowest BCUT2D eigenvalue weighted by Gasteiger charge is -2.39. The maximum Gasteiger partial charge on any atom is 0.321 e. The molecule has 1 heterocycles. The van der Waals surface area contributed by atoms with E-state index in [1.54, 1.807) is 38.0 Å². The van der Waals surface area contributed by atoms with Gasteiger partial charge in [0.2, 0.25) is 5.91 Å². The van der Waals surface area contributed by atoms with Crippen LogP contribution in [0.25, 0.3) is 0 Å². The molecule has 1 amide bonds. The van der Waals surface area contributed by atoms with Gasteiger partial charge in [-0.05, 0) is 19.8 Å². The molecule has 1 fully saturated rings. The van der Waals surface area contributed by atoms with Crippen LogP contribution in [0.3, 0.4) is 0 Å². The highest BCUT2D eigenvalue weighted by Gasteiger charge is 2.53. The Bertz CT molecular complexity index is 491. The molecule has 0 bridgehead atoms. The average Bonchev–Trinajstić information content (AvgIpc) is 2.73. The van der Waals surface area contributed by atoms with E-state index in [1.165, 1.54) is 4.90 Å². The zero-order valence-electron chi connectivity index (χ0n) is 11.5. The molecule has 1 aliphatic carbocycles. The smallest absolute Gasteiger partial charge is 0.321 e. The van der Waals surface area contributed by atoms with Crippen molar-refractivity contribution in [1.29, 1.82) is 0 Å². The zero-order chi connectivity index (χ0) is 14.0. The number of carbonyl (C=O) groups is 2. The van der Waals surface area contributed by atoms with Crippen molar-refractivity contribution in [2.45, 2.75) is 26.2 Å². The van der Waals surface area contributed by atoms with Crippen molar-refractivity contribution in [2.75, 3.05) is 18.6 Å². The maximum atomic E-state index is 12.5. The van der Waals surface area contributed by atoms with E-state index in [4.69, 9.17) is 4.74 Å². The van der Waals surface area contributed by atoms with Crippen LogP contribution in [-0.4, -0.2) is 35.3 Å². The quantitative estimate of drug-likeness (QED) is 0.604. The molecule has 1 aliphatic rings. The standard InChI is InChI=1S/C13H19N3O3/c1-4-19-12(18)13(7-5-8-13)11(17)16(3)10-6-9-15(2)14-10/h6,9H,4-5,7-8H2,1-3H3. The summed E-state index contributed by atoms with van der Waals surface area (Å²) in [7, 11) is 3.43. The molecule has 0 saturated heterocycles. The summed E-state index contributed by atoms with van der Waals surface area (Å²) in [5.41, 5.74) is -0.998. The SMILES string of the molecule is CCOC(=O)C1(C(=O)N(C)c2ccn(C)n2)CCC1. The molecule has 0 aliphatic heterocycles. The van der Waals surface area contributed by atoms with Gasteiger partial charge in [-0.1, -0.05) is 6.42 Å². The fourth-order valence-corrected chi connectivity index (χ4v) is 2.31. The van der Waals surface area contributed by atoms with Crippen molar-refractivity contribution < 1.29 is 14.3 Å². The average molecular weight is 265 g/mol. The van der Waals surface area contributed by atoms with E-state index in [0.717, 1.165) is 6.42 Å². The van der Waals surface area contributed by atoms with Gasteiger partial charge in [0.05, 0.1) is 6.61 Å². The van der Waals surface area contributed by atoms with Crippen LogP contribution >= 0.6 is 0 Å². The molecule has 2 rings (SSSR count). The summed E-state index contributed by atoms with van der Waals surface area (Å²) >= 11 is 0. The van der Waals surface area contributed by atoms with Gasteiger partial charge >= 0.3 is 5.97 Å². The molecule has 1 aromatic rings. The fourth-order valence-electron chi connectivity index (χ4n) is 2.31. The summed E-state index contributed by atoms with van der Waals surface area (Å²) in [5, 5.41) is 4.18. The number of anilines is 1. The van der Waals surface area contributed by atoms with E-state index >= 15 is 0 Å². The Labute approximate surface area is 112 Å². The van der Waals surface area contributed by atoms with E-state index in [2.05, 4.69) is 5.10 Å². The molecule has 104 valence electrons. The van der Waals surface area contributed by atoms with Gasteiger partial charge in [-0.2, -0.15) is 5.10 Å². The number of rotatable bonds is 4. The normalized spacial score (nSPS) is 16.6. The monoisotopic (exact) mass is 265 g/mol. The van der Waals surface area contributed by atoms with Crippen LogP contribution in [0.4, 0.5) is 5.82 Å². The summed E-state index contributed by atoms with van der Waals surface area (Å²) in [6.45, 7) is 2.04. The number of nitrogens with zero attached hydrogens (tertiary/aromatic N) is 3. The molecule has 0 aromatic carbocycles. The Morgan fingerprint density at radius 3 is 2.63 bits per heavy atom. The Hall–Kier alpha value is -1.85. The molecule has 0 unspecified atom stereocenters. The molecule has 0 radical (unpaired) electrons. The van der Waals surface area contributed by atoms with Gasteiger partial charge in [-0.3, -0.25) is 19.2 Å². The minimum absolute atomic E-state index is 0.226. The van der Waals surface area contributed by atoms with Crippen molar-refractivity contribution in [3.63, 3.8) is 0 Å². The number of ether oxygens (including phenoxy) is 1. The first-order valence-corrected chi connectivity index (χ1v) is 6.46. The number of aromatic nitrogens is 2. The van der Waals surface area contributed by atoms with Crippen LogP contribution in [-0.2, 0) is 21.4 Å². The predicted molar refractivity (Wildman–Crippen MR) is 69.5 cm³/mol. The Morgan fingerprint density at radius 1 is 1.53 bits per heavy atom. The molecule has 0 N–H and O–H groups in total. The second-order valence-corrected chi connectivity index (χ2v) is 4.87. The molecule has 19 heavy (non-hydrogen) atoms. The van der Waals surface area contributed by atoms with Gasteiger partial charge in [0.25, 0.3) is 0 Å². The van der Waals surface area contributed by atoms with Crippen molar-refractivity contribution in [1.82, 2.24) is 9.78 Å². The van der Waals surface area contributed by atoms with Gasteiger partial charge in [-0.25, -0.2) is 0 Å². The molecule has 0 spiro atoms. The molecule has 6 heteroatoms. The van der Waals surface area contributed by atoms with Gasteiger partial charge in [0.1, 0.15) is 5.41 Å². The van der Waals surface area contributed by atoms with Crippen LogP contribution in [0.2, 0.25) is 0 Å². The number of hydrogen-bond acceptors (Lipinski definition) is 4. The molecular weight excluding hydrogens is 246 g/mol. The fraction of sp³-hybridized carbons (Fsp3) is 0.615. The van der Waals surface area contributed by atoms with Crippen LogP contribution in [0.5, 0.6) is 0 Å². The largest absolute Gasteiger partial charge is 0.465 e. The number of carbonyl (C=O) groups excluding carboxylic acids is 2. The Kier molecular flexibility index (Phi) is 3.59. The van der Waals surface area contributed by atoms with Crippen LogP contribution in [0, 0.1) is 5.41 Å². The highest BCUT2D eigenvalue weighted by molar-refractivity contribution is 6.10. The van der Waals surface area contributed by atoms with Gasteiger partial charge in [-0.15, -0.1) is 0 Å². The second-order valence-electron chi connectivity index (χ2n) is 4.87. The topological polar surface area (TPSA) is 64.4 Å². The van der Waals surface area contributed by atoms with Gasteiger partial charge in [0.15, 0.2) is 5.82 Å². The molecule has 1 saturated carbocycles. The maximum absolute atomic E-state index is 12.5. The van der Waals surface area contributed by atoms with E-state index in [-0.39, 0.29) is 5.91 Å². The van der Waals surface area contributed by atoms with E-state index < -0.39 is 11.4 Å². The molecule has 6 nitrogen and oxygen atoms in total. The highest BCUT2D eigenvalue weighted by Crippen LogP contribution is 2.44. The van der Waals surface area contributed by atoms with Gasteiger partial charge in [0, 0.05) is 26.4 Å². The highest BCUT2D eigenvalue weighted by atomic mass is 16.5. The molecule has 0 atom stereocenters. The number of esters is 1. The molecule has 1 aromatic heterocycles. The second kappa shape index (κ2) is 5.03. The summed E-state index contributed by atoms with van der Waals surface area (Å²) < 4.78 is 6.67. The summed E-state index contributed by atoms with van der Waals surface area (Å²) in [6.07, 6.45) is 3.75. The zero-order valence-corrected chi connectivity index (χ0v) is 11.5. The van der Waals surface area contributed by atoms with Crippen molar-refractivity contribution >= 4 is 17.7 Å². The van der Waals surface area contributed by atoms with Crippen molar-refractivity contribution in [2.24, 2.45) is 12.5 Å². The summed E-state index contributed by atoms with van der Waals surface area (Å²) in [5.74, 6) is -0.0898. The number of amides is 1. The first-order valence-electron chi connectivity index (χ1n) is 6.46. The van der Waals surface area contributed by atoms with Crippen molar-refractivity contribution in [3.05, 3.63) is 12.3 Å². The lowest BCUT2D eigenvalue weighted by molar-refractivity contribution is -0.166. The van der Waals surface area contributed by atoms with Gasteiger partial charge < -0.3 is 4.74 Å². The lowest BCUT2D eigenvalue weighted by atomic mass is 9.67. The van der Waals surface area contributed by atoms with E-state index in [1.807, 2.05) is 0 Å². The first-order chi connectivity index (χ1) is 9.01. The van der Waals surface area contributed by atoms with Crippen LogP contribution < -0.4 is 4.90 Å². The van der Waals surface area contributed by atoms with E-state index in [9.17, 15) is 9.59 Å². The third-order valence-corrected chi connectivity index (χ3v) is 3.63.